The highest BCUT2D eigenvalue weighted by Gasteiger charge is 2.35. The molecule has 2 nitrogen and oxygen atoms in total. The lowest BCUT2D eigenvalue weighted by atomic mass is 10.3. The van der Waals surface area contributed by atoms with Crippen molar-refractivity contribution in [1.82, 2.24) is 0 Å². The standard InChI is InChI=1S/C14H32O2Si/c1-5-9-11-13-17(15-7-3,16-8-4)14-12-10-6-2/h5-14H2,1-4H3. The van der Waals surface area contributed by atoms with Gasteiger partial charge in [0.15, 0.2) is 0 Å². The number of unbranched alkanes of at least 4 members (excludes halogenated alkanes) is 4. The Morgan fingerprint density at radius 1 is 0.647 bits per heavy atom. The Hall–Kier alpha value is 0.137. The van der Waals surface area contributed by atoms with Gasteiger partial charge in [0.2, 0.25) is 0 Å². The second-order valence-corrected chi connectivity index (χ2v) is 8.09. The number of rotatable bonds is 12. The van der Waals surface area contributed by atoms with Crippen molar-refractivity contribution < 1.29 is 8.85 Å². The van der Waals surface area contributed by atoms with Crippen molar-refractivity contribution in [2.24, 2.45) is 0 Å². The lowest BCUT2D eigenvalue weighted by Crippen LogP contribution is -2.42. The predicted octanol–water partition coefficient (Wildman–Crippen LogP) is 4.88. The third-order valence-corrected chi connectivity index (χ3v) is 7.00. The molecule has 0 aromatic rings. The summed E-state index contributed by atoms with van der Waals surface area (Å²) in [5.41, 5.74) is 0. The van der Waals surface area contributed by atoms with Gasteiger partial charge in [-0.05, 0) is 25.9 Å². The summed E-state index contributed by atoms with van der Waals surface area (Å²) in [6.07, 6.45) is 7.71. The van der Waals surface area contributed by atoms with E-state index in [4.69, 9.17) is 8.85 Å². The van der Waals surface area contributed by atoms with Gasteiger partial charge in [-0.15, -0.1) is 0 Å². The molecule has 0 atom stereocenters. The van der Waals surface area contributed by atoms with Crippen LogP contribution in [-0.4, -0.2) is 21.8 Å². The summed E-state index contributed by atoms with van der Waals surface area (Å²) >= 11 is 0. The molecule has 0 aromatic carbocycles. The molecule has 0 N–H and O–H groups in total. The lowest BCUT2D eigenvalue weighted by Gasteiger charge is -2.30. The Balaban J connectivity index is 4.25. The highest BCUT2D eigenvalue weighted by atomic mass is 28.4. The fourth-order valence-electron chi connectivity index (χ4n) is 2.27. The predicted molar refractivity (Wildman–Crippen MR) is 77.7 cm³/mol. The Morgan fingerprint density at radius 3 is 1.35 bits per heavy atom. The molecule has 0 aromatic heterocycles. The van der Waals surface area contributed by atoms with Crippen molar-refractivity contribution in [2.45, 2.75) is 78.3 Å². The Labute approximate surface area is 109 Å². The van der Waals surface area contributed by atoms with E-state index < -0.39 is 8.56 Å². The van der Waals surface area contributed by atoms with Gasteiger partial charge in [-0.25, -0.2) is 0 Å². The molecule has 0 saturated carbocycles. The molecule has 0 aliphatic carbocycles. The molecule has 0 saturated heterocycles. The van der Waals surface area contributed by atoms with Gasteiger partial charge in [-0.2, -0.15) is 0 Å². The summed E-state index contributed by atoms with van der Waals surface area (Å²) in [5, 5.41) is 0. The summed E-state index contributed by atoms with van der Waals surface area (Å²) < 4.78 is 12.2. The first-order chi connectivity index (χ1) is 8.24. The average Bonchev–Trinajstić information content (AvgIpc) is 2.30. The molecule has 17 heavy (non-hydrogen) atoms. The van der Waals surface area contributed by atoms with E-state index in [1.54, 1.807) is 0 Å². The first kappa shape index (κ1) is 17.1. The third-order valence-electron chi connectivity index (χ3n) is 3.14. The lowest BCUT2D eigenvalue weighted by molar-refractivity contribution is 0.180. The van der Waals surface area contributed by atoms with Gasteiger partial charge >= 0.3 is 8.56 Å². The fourth-order valence-corrected chi connectivity index (χ4v) is 5.81. The van der Waals surface area contributed by atoms with E-state index in [0.717, 1.165) is 13.2 Å². The maximum absolute atomic E-state index is 6.08. The van der Waals surface area contributed by atoms with Crippen molar-refractivity contribution in [3.8, 4) is 0 Å². The first-order valence-electron chi connectivity index (χ1n) is 7.52. The van der Waals surface area contributed by atoms with Crippen LogP contribution in [0.2, 0.25) is 12.1 Å². The number of hydrogen-bond acceptors (Lipinski definition) is 2. The van der Waals surface area contributed by atoms with Crippen LogP contribution in [0.25, 0.3) is 0 Å². The minimum atomic E-state index is -1.87. The van der Waals surface area contributed by atoms with Crippen molar-refractivity contribution in [3.63, 3.8) is 0 Å². The zero-order chi connectivity index (χ0) is 13.0. The molecule has 0 spiro atoms. The number of hydrogen-bond donors (Lipinski definition) is 0. The van der Waals surface area contributed by atoms with Crippen LogP contribution in [-0.2, 0) is 8.85 Å². The van der Waals surface area contributed by atoms with Gasteiger partial charge < -0.3 is 8.85 Å². The van der Waals surface area contributed by atoms with Crippen molar-refractivity contribution >= 4 is 8.56 Å². The monoisotopic (exact) mass is 260 g/mol. The van der Waals surface area contributed by atoms with E-state index in [2.05, 4.69) is 27.7 Å². The van der Waals surface area contributed by atoms with E-state index in [-0.39, 0.29) is 0 Å². The molecule has 3 heteroatoms. The largest absolute Gasteiger partial charge is 0.394 e. The quantitative estimate of drug-likeness (QED) is 0.368. The molecule has 0 aliphatic rings. The van der Waals surface area contributed by atoms with Gasteiger partial charge in [-0.1, -0.05) is 52.4 Å². The molecule has 0 bridgehead atoms. The second kappa shape index (κ2) is 11.2. The molecule has 0 rings (SSSR count). The van der Waals surface area contributed by atoms with Gasteiger partial charge in [0.05, 0.1) is 0 Å². The zero-order valence-corrected chi connectivity index (χ0v) is 13.4. The van der Waals surface area contributed by atoms with Crippen LogP contribution in [0.15, 0.2) is 0 Å². The van der Waals surface area contributed by atoms with Crippen LogP contribution in [0.1, 0.15) is 66.2 Å². The van der Waals surface area contributed by atoms with Gasteiger partial charge in [0.25, 0.3) is 0 Å². The van der Waals surface area contributed by atoms with Crippen molar-refractivity contribution in [1.29, 1.82) is 0 Å². The summed E-state index contributed by atoms with van der Waals surface area (Å²) in [6, 6.07) is 2.37. The topological polar surface area (TPSA) is 18.5 Å². The van der Waals surface area contributed by atoms with Gasteiger partial charge in [-0.3, -0.25) is 0 Å². The molecule has 0 unspecified atom stereocenters. The molecule has 0 aliphatic heterocycles. The summed E-state index contributed by atoms with van der Waals surface area (Å²) in [7, 11) is -1.87. The molecule has 0 fully saturated rings. The van der Waals surface area contributed by atoms with Crippen LogP contribution in [0, 0.1) is 0 Å². The fraction of sp³-hybridized carbons (Fsp3) is 1.00. The molecule has 104 valence electrons. The van der Waals surface area contributed by atoms with Crippen LogP contribution in [0.4, 0.5) is 0 Å². The van der Waals surface area contributed by atoms with E-state index in [9.17, 15) is 0 Å². The summed E-state index contributed by atoms with van der Waals surface area (Å²) in [4.78, 5) is 0. The van der Waals surface area contributed by atoms with Crippen LogP contribution >= 0.6 is 0 Å². The molecular formula is C14H32O2Si. The average molecular weight is 260 g/mol. The van der Waals surface area contributed by atoms with Crippen LogP contribution < -0.4 is 0 Å². The molecule has 0 amide bonds. The highest BCUT2D eigenvalue weighted by Crippen LogP contribution is 2.25. The summed E-state index contributed by atoms with van der Waals surface area (Å²) in [6.45, 7) is 10.3. The third kappa shape index (κ3) is 7.95. The van der Waals surface area contributed by atoms with Crippen LogP contribution in [0.3, 0.4) is 0 Å². The van der Waals surface area contributed by atoms with E-state index in [1.807, 2.05) is 0 Å². The second-order valence-electron chi connectivity index (χ2n) is 4.69. The molecular weight excluding hydrogens is 228 g/mol. The van der Waals surface area contributed by atoms with Gasteiger partial charge in [0.1, 0.15) is 0 Å². The maximum atomic E-state index is 6.08. The SMILES string of the molecule is CCCCC[Si](CCCCC)(OCC)OCC. The Kier molecular flexibility index (Phi) is 11.3. The molecule has 0 heterocycles. The zero-order valence-electron chi connectivity index (χ0n) is 12.4. The minimum absolute atomic E-state index is 0.810. The molecule has 0 radical (unpaired) electrons. The van der Waals surface area contributed by atoms with E-state index >= 15 is 0 Å². The normalized spacial score (nSPS) is 12.0. The Morgan fingerprint density at radius 2 is 1.06 bits per heavy atom. The van der Waals surface area contributed by atoms with E-state index in [1.165, 1.54) is 50.6 Å². The Bertz CT molecular complexity index is 144. The van der Waals surface area contributed by atoms with Crippen molar-refractivity contribution in [3.05, 3.63) is 0 Å². The van der Waals surface area contributed by atoms with Crippen LogP contribution in [0.5, 0.6) is 0 Å². The smallest absolute Gasteiger partial charge is 0.338 e. The highest BCUT2D eigenvalue weighted by molar-refractivity contribution is 6.67. The first-order valence-corrected chi connectivity index (χ1v) is 9.75. The van der Waals surface area contributed by atoms with E-state index in [0.29, 0.717) is 0 Å². The van der Waals surface area contributed by atoms with Crippen molar-refractivity contribution in [2.75, 3.05) is 13.2 Å². The summed E-state index contributed by atoms with van der Waals surface area (Å²) in [5.74, 6) is 0. The maximum Gasteiger partial charge on any atom is 0.338 e. The minimum Gasteiger partial charge on any atom is -0.394 e. The van der Waals surface area contributed by atoms with Gasteiger partial charge in [0, 0.05) is 13.2 Å².